The second kappa shape index (κ2) is 9.63. The number of nitriles is 2. The number of fused-ring (bicyclic) bond motifs is 1. The first-order chi connectivity index (χ1) is 18.0. The van der Waals surface area contributed by atoms with E-state index in [-0.39, 0.29) is 24.3 Å². The number of anilines is 4. The lowest BCUT2D eigenvalue weighted by molar-refractivity contribution is 0.127. The fourth-order valence-corrected chi connectivity index (χ4v) is 5.07. The molecule has 0 spiro atoms. The highest BCUT2D eigenvalue weighted by atomic mass is 35.5. The summed E-state index contributed by atoms with van der Waals surface area (Å²) in [5.74, 6) is 0.737. The predicted octanol–water partition coefficient (Wildman–Crippen LogP) is 2.70. The van der Waals surface area contributed by atoms with Crippen LogP contribution in [0.25, 0.3) is 5.65 Å². The molecular formula is C24H24ClFN10O. The van der Waals surface area contributed by atoms with Crippen LogP contribution in [-0.4, -0.2) is 82.1 Å². The molecule has 37 heavy (non-hydrogen) atoms. The Morgan fingerprint density at radius 3 is 2.59 bits per heavy atom. The van der Waals surface area contributed by atoms with Gasteiger partial charge in [0.2, 0.25) is 5.95 Å². The fraction of sp³-hybridized carbons (Fsp3) is 0.458. The van der Waals surface area contributed by atoms with Gasteiger partial charge in [0.1, 0.15) is 12.2 Å². The quantitative estimate of drug-likeness (QED) is 0.498. The Morgan fingerprint density at radius 2 is 1.92 bits per heavy atom. The summed E-state index contributed by atoms with van der Waals surface area (Å²) in [7, 11) is 0. The van der Waals surface area contributed by atoms with E-state index in [0.29, 0.717) is 72.3 Å². The lowest BCUT2D eigenvalue weighted by Crippen LogP contribution is -2.53. The van der Waals surface area contributed by atoms with Gasteiger partial charge in [0.25, 0.3) is 0 Å². The third-order valence-electron chi connectivity index (χ3n) is 6.93. The van der Waals surface area contributed by atoms with Crippen molar-refractivity contribution < 1.29 is 9.13 Å². The summed E-state index contributed by atoms with van der Waals surface area (Å²) >= 11 is 6.85. The van der Waals surface area contributed by atoms with Crippen molar-refractivity contribution in [3.8, 4) is 12.1 Å². The molecule has 0 amide bonds. The molecule has 6 rings (SSSR count). The standard InChI is InChI=1S/C24H24ClFN10O/c25-21-18(31-24-32-22(30-15-1-2-15)23-29-11-16(10-28)36(23)33-24)7-14(9-27)8-19(21)34-3-5-35(6-4-34)20-13-37-12-17(20)26/h7-8,11,15,17,20H,1-6,12-13H2,(H2,30,31,32,33)/t17-,20+/m0/s1. The van der Waals surface area contributed by atoms with Gasteiger partial charge in [-0.2, -0.15) is 20.0 Å². The van der Waals surface area contributed by atoms with E-state index in [4.69, 9.17) is 16.3 Å². The minimum atomic E-state index is -0.971. The number of nitrogens with one attached hydrogen (secondary N) is 2. The Morgan fingerprint density at radius 1 is 1.11 bits per heavy atom. The summed E-state index contributed by atoms with van der Waals surface area (Å²) in [5, 5.41) is 30.5. The van der Waals surface area contributed by atoms with E-state index in [1.807, 2.05) is 0 Å². The van der Waals surface area contributed by atoms with Crippen LogP contribution in [0.4, 0.5) is 27.5 Å². The summed E-state index contributed by atoms with van der Waals surface area (Å²) in [6.07, 6.45) is 2.56. The van der Waals surface area contributed by atoms with Crippen LogP contribution in [0.1, 0.15) is 24.1 Å². The summed E-state index contributed by atoms with van der Waals surface area (Å²) in [6, 6.07) is 7.78. The second-order valence-corrected chi connectivity index (χ2v) is 9.81. The van der Waals surface area contributed by atoms with Gasteiger partial charge in [-0.3, -0.25) is 4.90 Å². The highest BCUT2D eigenvalue weighted by Gasteiger charge is 2.35. The van der Waals surface area contributed by atoms with E-state index in [1.54, 1.807) is 12.1 Å². The van der Waals surface area contributed by atoms with Crippen molar-refractivity contribution in [1.29, 1.82) is 10.5 Å². The molecule has 2 aromatic heterocycles. The van der Waals surface area contributed by atoms with E-state index in [1.165, 1.54) is 10.7 Å². The van der Waals surface area contributed by atoms with Gasteiger partial charge < -0.3 is 20.3 Å². The van der Waals surface area contributed by atoms with Crippen molar-refractivity contribution in [1.82, 2.24) is 24.5 Å². The highest BCUT2D eigenvalue weighted by Crippen LogP contribution is 2.37. The van der Waals surface area contributed by atoms with Gasteiger partial charge in [0.15, 0.2) is 17.2 Å². The van der Waals surface area contributed by atoms with Gasteiger partial charge in [-0.1, -0.05) is 11.6 Å². The van der Waals surface area contributed by atoms with Crippen molar-refractivity contribution >= 4 is 40.4 Å². The number of hydrogen-bond donors (Lipinski definition) is 2. The molecule has 2 aliphatic heterocycles. The van der Waals surface area contributed by atoms with Gasteiger partial charge in [0, 0.05) is 32.2 Å². The van der Waals surface area contributed by atoms with E-state index in [0.717, 1.165) is 12.8 Å². The predicted molar refractivity (Wildman–Crippen MR) is 135 cm³/mol. The van der Waals surface area contributed by atoms with Gasteiger partial charge in [-0.05, 0) is 25.0 Å². The highest BCUT2D eigenvalue weighted by molar-refractivity contribution is 6.36. The number of hydrogen-bond acceptors (Lipinski definition) is 10. The average Bonchev–Trinajstić information content (AvgIpc) is 3.46. The van der Waals surface area contributed by atoms with Crippen LogP contribution in [0, 0.1) is 22.7 Å². The molecule has 3 aromatic rings. The van der Waals surface area contributed by atoms with Crippen LogP contribution in [0.5, 0.6) is 0 Å². The second-order valence-electron chi connectivity index (χ2n) is 9.43. The average molecular weight is 523 g/mol. The number of alkyl halides is 1. The van der Waals surface area contributed by atoms with Crippen LogP contribution < -0.4 is 15.5 Å². The molecule has 1 aliphatic carbocycles. The monoisotopic (exact) mass is 522 g/mol. The maximum atomic E-state index is 14.2. The number of imidazole rings is 1. The molecule has 1 aromatic carbocycles. The molecule has 13 heteroatoms. The summed E-state index contributed by atoms with van der Waals surface area (Å²) in [4.78, 5) is 13.1. The van der Waals surface area contributed by atoms with Crippen LogP contribution in [0.15, 0.2) is 18.3 Å². The Bertz CT molecular complexity index is 1420. The Balaban J connectivity index is 1.28. The van der Waals surface area contributed by atoms with E-state index in [2.05, 4.69) is 47.6 Å². The zero-order chi connectivity index (χ0) is 25.5. The molecule has 3 aliphatic rings. The lowest BCUT2D eigenvalue weighted by Gasteiger charge is -2.39. The first-order valence-electron chi connectivity index (χ1n) is 12.2. The minimum Gasteiger partial charge on any atom is -0.377 e. The number of halogens is 2. The Hall–Kier alpha value is -3.71. The van der Waals surface area contributed by atoms with E-state index >= 15 is 0 Å². The van der Waals surface area contributed by atoms with E-state index < -0.39 is 6.17 Å². The number of piperazine rings is 1. The van der Waals surface area contributed by atoms with Crippen LogP contribution in [0.2, 0.25) is 5.02 Å². The van der Waals surface area contributed by atoms with Crippen molar-refractivity contribution in [3.05, 3.63) is 34.6 Å². The number of nitrogens with zero attached hydrogens (tertiary/aromatic N) is 8. The van der Waals surface area contributed by atoms with Gasteiger partial charge in [-0.25, -0.2) is 9.37 Å². The fourth-order valence-electron chi connectivity index (χ4n) is 4.79. The van der Waals surface area contributed by atoms with Crippen molar-refractivity contribution in [3.63, 3.8) is 0 Å². The van der Waals surface area contributed by atoms with Crippen molar-refractivity contribution in [2.45, 2.75) is 31.1 Å². The molecule has 0 radical (unpaired) electrons. The smallest absolute Gasteiger partial charge is 0.247 e. The maximum absolute atomic E-state index is 14.2. The summed E-state index contributed by atoms with van der Waals surface area (Å²) in [6.45, 7) is 3.16. The Kier molecular flexibility index (Phi) is 6.16. The normalized spacial score (nSPS) is 22.1. The molecule has 0 unspecified atom stereocenters. The number of benzene rings is 1. The maximum Gasteiger partial charge on any atom is 0.247 e. The molecule has 2 saturated heterocycles. The molecule has 1 saturated carbocycles. The Labute approximate surface area is 217 Å². The minimum absolute atomic E-state index is 0.149. The molecule has 3 fully saturated rings. The SMILES string of the molecule is N#Cc1cc(Nc2nc(NC3CC3)c3ncc(C#N)n3n2)c(Cl)c(N2CCN([C@@H]3COC[C@@H]3F)CC2)c1. The molecule has 190 valence electrons. The number of aromatic nitrogens is 4. The van der Waals surface area contributed by atoms with Crippen LogP contribution in [0.3, 0.4) is 0 Å². The largest absolute Gasteiger partial charge is 0.377 e. The molecule has 2 N–H and O–H groups in total. The topological polar surface area (TPSA) is 130 Å². The van der Waals surface area contributed by atoms with Gasteiger partial charge in [0.05, 0.1) is 53.5 Å². The zero-order valence-corrected chi connectivity index (χ0v) is 20.6. The molecule has 11 nitrogen and oxygen atoms in total. The van der Waals surface area contributed by atoms with Crippen molar-refractivity contribution in [2.24, 2.45) is 0 Å². The summed E-state index contributed by atoms with van der Waals surface area (Å²) in [5.41, 5.74) is 2.35. The van der Waals surface area contributed by atoms with Gasteiger partial charge in [-0.15, -0.1) is 5.10 Å². The van der Waals surface area contributed by atoms with Gasteiger partial charge >= 0.3 is 0 Å². The lowest BCUT2D eigenvalue weighted by atomic mass is 10.1. The first-order valence-corrected chi connectivity index (χ1v) is 12.6. The molecule has 2 atom stereocenters. The number of ether oxygens (including phenoxy) is 1. The third-order valence-corrected chi connectivity index (χ3v) is 7.33. The molecule has 0 bridgehead atoms. The molecule has 4 heterocycles. The summed E-state index contributed by atoms with van der Waals surface area (Å²) < 4.78 is 20.9. The first kappa shape index (κ1) is 23.7. The third kappa shape index (κ3) is 4.60. The zero-order valence-electron chi connectivity index (χ0n) is 19.9. The van der Waals surface area contributed by atoms with Crippen LogP contribution in [-0.2, 0) is 4.74 Å². The van der Waals surface area contributed by atoms with E-state index in [9.17, 15) is 14.9 Å². The molecular weight excluding hydrogens is 499 g/mol. The van der Waals surface area contributed by atoms with Crippen LogP contribution >= 0.6 is 11.6 Å². The van der Waals surface area contributed by atoms with Crippen molar-refractivity contribution in [2.75, 3.05) is 54.9 Å². The number of rotatable bonds is 6.